The number of aromatic nitrogens is 2. The number of halogens is 1. The Morgan fingerprint density at radius 1 is 1.42 bits per heavy atom. The predicted octanol–water partition coefficient (Wildman–Crippen LogP) is 3.61. The molecule has 0 aliphatic heterocycles. The van der Waals surface area contributed by atoms with Crippen LogP contribution in [0.3, 0.4) is 0 Å². The lowest BCUT2D eigenvalue weighted by molar-refractivity contribution is 0.397. The van der Waals surface area contributed by atoms with Gasteiger partial charge < -0.3 is 10.1 Å². The van der Waals surface area contributed by atoms with Crippen molar-refractivity contribution in [2.45, 2.75) is 25.9 Å². The molecule has 0 aromatic carbocycles. The number of hydrogen-bond donors (Lipinski definition) is 1. The van der Waals surface area contributed by atoms with Crippen molar-refractivity contribution in [2.75, 3.05) is 14.2 Å². The van der Waals surface area contributed by atoms with Gasteiger partial charge in [0.25, 0.3) is 0 Å². The van der Waals surface area contributed by atoms with Gasteiger partial charge in [-0.25, -0.2) is 0 Å². The molecule has 2 rings (SSSR count). The second-order valence-corrected chi connectivity index (χ2v) is 6.99. The summed E-state index contributed by atoms with van der Waals surface area (Å²) in [6, 6.07) is 4.55. The smallest absolute Gasteiger partial charge is 0.161 e. The standard InChI is InChI=1S/C13H18BrN3OS/c1-8(2)17-13(9(18-4)7-16-17)12(15-3)10-5-6-11(14)19-10/h5-8,12,15H,1-4H3. The first-order valence-electron chi connectivity index (χ1n) is 6.12. The molecule has 4 nitrogen and oxygen atoms in total. The highest BCUT2D eigenvalue weighted by atomic mass is 79.9. The molecule has 0 aliphatic rings. The summed E-state index contributed by atoms with van der Waals surface area (Å²) in [7, 11) is 3.64. The fourth-order valence-electron chi connectivity index (χ4n) is 2.10. The highest BCUT2D eigenvalue weighted by Crippen LogP contribution is 2.36. The zero-order valence-electron chi connectivity index (χ0n) is 11.5. The summed E-state index contributed by atoms with van der Waals surface area (Å²) in [5.74, 6) is 0.817. The van der Waals surface area contributed by atoms with Gasteiger partial charge in [0.1, 0.15) is 5.69 Å². The van der Waals surface area contributed by atoms with Gasteiger partial charge in [-0.3, -0.25) is 4.68 Å². The lowest BCUT2D eigenvalue weighted by atomic mass is 10.1. The minimum absolute atomic E-state index is 0.0798. The Hall–Kier alpha value is -0.850. The molecule has 1 atom stereocenters. The van der Waals surface area contributed by atoms with E-state index in [1.165, 1.54) is 4.88 Å². The zero-order valence-corrected chi connectivity index (χ0v) is 13.9. The maximum absolute atomic E-state index is 5.46. The van der Waals surface area contributed by atoms with Crippen LogP contribution in [0.1, 0.15) is 36.5 Å². The molecule has 0 saturated heterocycles. The fraction of sp³-hybridized carbons (Fsp3) is 0.462. The minimum atomic E-state index is 0.0798. The molecule has 104 valence electrons. The monoisotopic (exact) mass is 343 g/mol. The first kappa shape index (κ1) is 14.6. The average molecular weight is 344 g/mol. The van der Waals surface area contributed by atoms with E-state index in [1.807, 2.05) is 11.7 Å². The van der Waals surface area contributed by atoms with Crippen LogP contribution in [-0.2, 0) is 0 Å². The summed E-state index contributed by atoms with van der Waals surface area (Å²) >= 11 is 5.23. The third kappa shape index (κ3) is 2.85. The molecule has 0 amide bonds. The molecule has 2 heterocycles. The van der Waals surface area contributed by atoms with Crippen molar-refractivity contribution in [1.29, 1.82) is 0 Å². The van der Waals surface area contributed by atoms with Gasteiger partial charge in [-0.05, 0) is 49.0 Å². The van der Waals surface area contributed by atoms with E-state index in [-0.39, 0.29) is 12.1 Å². The average Bonchev–Trinajstić information content (AvgIpc) is 2.97. The topological polar surface area (TPSA) is 39.1 Å². The van der Waals surface area contributed by atoms with Crippen LogP contribution < -0.4 is 10.1 Å². The van der Waals surface area contributed by atoms with Crippen LogP contribution >= 0.6 is 27.3 Å². The van der Waals surface area contributed by atoms with Crippen molar-refractivity contribution in [3.63, 3.8) is 0 Å². The highest BCUT2D eigenvalue weighted by molar-refractivity contribution is 9.11. The van der Waals surface area contributed by atoms with Crippen molar-refractivity contribution in [3.05, 3.63) is 32.7 Å². The predicted molar refractivity (Wildman–Crippen MR) is 82.1 cm³/mol. The number of methoxy groups -OCH3 is 1. The molecule has 0 bridgehead atoms. The van der Waals surface area contributed by atoms with Crippen molar-refractivity contribution in [3.8, 4) is 5.75 Å². The molecule has 2 aromatic rings. The summed E-state index contributed by atoms with van der Waals surface area (Å²) in [6.45, 7) is 4.24. The Bertz CT molecular complexity index is 550. The Morgan fingerprint density at radius 3 is 2.63 bits per heavy atom. The van der Waals surface area contributed by atoms with Crippen molar-refractivity contribution < 1.29 is 4.74 Å². The molecule has 0 fully saturated rings. The maximum atomic E-state index is 5.46. The van der Waals surface area contributed by atoms with Crippen LogP contribution in [0.15, 0.2) is 22.1 Å². The van der Waals surface area contributed by atoms with Crippen LogP contribution in [0.25, 0.3) is 0 Å². The van der Waals surface area contributed by atoms with Gasteiger partial charge in [-0.1, -0.05) is 0 Å². The maximum Gasteiger partial charge on any atom is 0.161 e. The molecule has 0 aliphatic carbocycles. The normalized spacial score (nSPS) is 12.9. The van der Waals surface area contributed by atoms with Gasteiger partial charge in [0.05, 0.1) is 23.1 Å². The van der Waals surface area contributed by atoms with Crippen LogP contribution in [-0.4, -0.2) is 23.9 Å². The molecular weight excluding hydrogens is 326 g/mol. The van der Waals surface area contributed by atoms with Crippen LogP contribution in [0, 0.1) is 0 Å². The number of nitrogens with one attached hydrogen (secondary N) is 1. The number of hydrogen-bond acceptors (Lipinski definition) is 4. The minimum Gasteiger partial charge on any atom is -0.493 e. The first-order valence-corrected chi connectivity index (χ1v) is 7.73. The van der Waals surface area contributed by atoms with Gasteiger partial charge >= 0.3 is 0 Å². The lowest BCUT2D eigenvalue weighted by Crippen LogP contribution is -2.22. The number of thiophene rings is 1. The third-order valence-corrected chi connectivity index (χ3v) is 4.64. The lowest BCUT2D eigenvalue weighted by Gasteiger charge is -2.20. The van der Waals surface area contributed by atoms with Gasteiger partial charge in [-0.15, -0.1) is 11.3 Å². The zero-order chi connectivity index (χ0) is 14.0. The van der Waals surface area contributed by atoms with Gasteiger partial charge in [-0.2, -0.15) is 5.10 Å². The van der Waals surface area contributed by atoms with Gasteiger partial charge in [0.15, 0.2) is 5.75 Å². The summed E-state index contributed by atoms with van der Waals surface area (Å²) in [4.78, 5) is 1.23. The third-order valence-electron chi connectivity index (χ3n) is 2.95. The molecule has 1 N–H and O–H groups in total. The fourth-order valence-corrected chi connectivity index (χ4v) is 3.63. The second-order valence-electron chi connectivity index (χ2n) is 4.50. The molecule has 0 spiro atoms. The van der Waals surface area contributed by atoms with E-state index in [9.17, 15) is 0 Å². The number of ether oxygens (including phenoxy) is 1. The largest absolute Gasteiger partial charge is 0.493 e. The van der Waals surface area contributed by atoms with Gasteiger partial charge in [0, 0.05) is 10.9 Å². The summed E-state index contributed by atoms with van der Waals surface area (Å²) in [6.07, 6.45) is 1.78. The van der Waals surface area contributed by atoms with E-state index in [0.717, 1.165) is 15.2 Å². The molecule has 6 heteroatoms. The molecule has 1 unspecified atom stereocenters. The first-order chi connectivity index (χ1) is 9.08. The van der Waals surface area contributed by atoms with Crippen molar-refractivity contribution >= 4 is 27.3 Å². The summed E-state index contributed by atoms with van der Waals surface area (Å²) < 4.78 is 8.59. The highest BCUT2D eigenvalue weighted by Gasteiger charge is 2.24. The molecule has 0 saturated carbocycles. The van der Waals surface area contributed by atoms with Crippen molar-refractivity contribution in [2.24, 2.45) is 0 Å². The van der Waals surface area contributed by atoms with E-state index >= 15 is 0 Å². The molecular formula is C13H18BrN3OS. The SMILES string of the molecule is CNC(c1ccc(Br)s1)c1c(OC)cnn1C(C)C. The van der Waals surface area contributed by atoms with Crippen LogP contribution in [0.2, 0.25) is 0 Å². The number of rotatable bonds is 5. The Kier molecular flexibility index (Phi) is 4.65. The van der Waals surface area contributed by atoms with E-state index < -0.39 is 0 Å². The Labute approximate surface area is 125 Å². The van der Waals surface area contributed by atoms with Gasteiger partial charge in [0.2, 0.25) is 0 Å². The number of nitrogens with zero attached hydrogens (tertiary/aromatic N) is 2. The Balaban J connectivity index is 2.50. The summed E-state index contributed by atoms with van der Waals surface area (Å²) in [5.41, 5.74) is 1.06. The van der Waals surface area contributed by atoms with E-state index in [2.05, 4.69) is 52.3 Å². The Morgan fingerprint density at radius 2 is 2.16 bits per heavy atom. The van der Waals surface area contributed by atoms with Crippen LogP contribution in [0.5, 0.6) is 5.75 Å². The summed E-state index contributed by atoms with van der Waals surface area (Å²) in [5, 5.41) is 7.79. The molecule has 2 aromatic heterocycles. The quantitative estimate of drug-likeness (QED) is 0.901. The van der Waals surface area contributed by atoms with E-state index in [4.69, 9.17) is 4.74 Å². The van der Waals surface area contributed by atoms with E-state index in [0.29, 0.717) is 0 Å². The van der Waals surface area contributed by atoms with E-state index in [1.54, 1.807) is 24.6 Å². The van der Waals surface area contributed by atoms with Crippen molar-refractivity contribution in [1.82, 2.24) is 15.1 Å². The molecule has 0 radical (unpaired) electrons. The second kappa shape index (κ2) is 6.07. The van der Waals surface area contributed by atoms with Crippen LogP contribution in [0.4, 0.5) is 0 Å². The molecule has 19 heavy (non-hydrogen) atoms.